The van der Waals surface area contributed by atoms with Crippen LogP contribution in [0.2, 0.25) is 0 Å². The van der Waals surface area contributed by atoms with E-state index in [0.717, 1.165) is 38.6 Å². The molecule has 20 heavy (non-hydrogen) atoms. The molecule has 0 heterocycles. The van der Waals surface area contributed by atoms with Crippen molar-refractivity contribution in [2.45, 2.75) is 44.1 Å². The van der Waals surface area contributed by atoms with E-state index in [0.29, 0.717) is 11.8 Å². The van der Waals surface area contributed by atoms with Crippen LogP contribution in [0.15, 0.2) is 30.3 Å². The third-order valence-electron chi connectivity index (χ3n) is 4.74. The van der Waals surface area contributed by atoms with Gasteiger partial charge in [-0.2, -0.15) is 0 Å². The highest BCUT2D eigenvalue weighted by molar-refractivity contribution is 5.82. The Morgan fingerprint density at radius 2 is 1.85 bits per heavy atom. The summed E-state index contributed by atoms with van der Waals surface area (Å²) in [6.07, 6.45) is 4.71. The molecule has 2 saturated carbocycles. The van der Waals surface area contributed by atoms with Gasteiger partial charge in [0.1, 0.15) is 0 Å². The second-order valence-electron chi connectivity index (χ2n) is 6.28. The summed E-state index contributed by atoms with van der Waals surface area (Å²) < 4.78 is 0. The van der Waals surface area contributed by atoms with Crippen LogP contribution in [-0.4, -0.2) is 23.7 Å². The van der Waals surface area contributed by atoms with Gasteiger partial charge in [-0.15, -0.1) is 0 Å². The Kier molecular flexibility index (Phi) is 4.06. The van der Waals surface area contributed by atoms with Crippen molar-refractivity contribution in [2.24, 2.45) is 11.8 Å². The van der Waals surface area contributed by atoms with Crippen molar-refractivity contribution >= 4 is 5.91 Å². The quantitative estimate of drug-likeness (QED) is 0.885. The molecule has 3 rings (SSSR count). The minimum atomic E-state index is -0.118. The fraction of sp³-hybridized carbons (Fsp3) is 0.588. The molecule has 2 N–H and O–H groups in total. The van der Waals surface area contributed by atoms with Gasteiger partial charge in [0, 0.05) is 12.5 Å². The zero-order valence-electron chi connectivity index (χ0n) is 11.8. The summed E-state index contributed by atoms with van der Waals surface area (Å²) in [5.74, 6) is 1.36. The number of amides is 1. The molecule has 0 bridgehead atoms. The van der Waals surface area contributed by atoms with Crippen LogP contribution in [0.3, 0.4) is 0 Å². The van der Waals surface area contributed by atoms with Gasteiger partial charge < -0.3 is 10.4 Å². The zero-order valence-corrected chi connectivity index (χ0v) is 11.8. The van der Waals surface area contributed by atoms with E-state index in [1.807, 2.05) is 18.2 Å². The van der Waals surface area contributed by atoms with Crippen LogP contribution in [-0.2, 0) is 4.79 Å². The first-order chi connectivity index (χ1) is 9.74. The summed E-state index contributed by atoms with van der Waals surface area (Å²) >= 11 is 0. The van der Waals surface area contributed by atoms with E-state index in [1.54, 1.807) is 0 Å². The molecule has 2 unspecified atom stereocenters. The SMILES string of the molecule is O=C(NCC1CCC(O)CC1)C1CC1c1ccccc1. The Labute approximate surface area is 120 Å². The molecule has 2 fully saturated rings. The first kappa shape index (κ1) is 13.6. The number of rotatable bonds is 4. The van der Waals surface area contributed by atoms with E-state index in [1.165, 1.54) is 5.56 Å². The maximum absolute atomic E-state index is 12.1. The number of hydrogen-bond donors (Lipinski definition) is 2. The lowest BCUT2D eigenvalue weighted by Crippen LogP contribution is -2.33. The molecule has 0 aliphatic heterocycles. The highest BCUT2D eigenvalue weighted by Crippen LogP contribution is 2.47. The van der Waals surface area contributed by atoms with Crippen molar-refractivity contribution in [3.8, 4) is 0 Å². The van der Waals surface area contributed by atoms with Gasteiger partial charge in [0.15, 0.2) is 0 Å². The number of nitrogens with one attached hydrogen (secondary N) is 1. The number of carbonyl (C=O) groups is 1. The molecule has 1 aromatic carbocycles. The van der Waals surface area contributed by atoms with Gasteiger partial charge in [-0.1, -0.05) is 30.3 Å². The van der Waals surface area contributed by atoms with Gasteiger partial charge in [-0.3, -0.25) is 4.79 Å². The number of aliphatic hydroxyl groups is 1. The average molecular weight is 273 g/mol. The van der Waals surface area contributed by atoms with Crippen LogP contribution >= 0.6 is 0 Å². The van der Waals surface area contributed by atoms with Gasteiger partial charge in [0.05, 0.1) is 6.10 Å². The van der Waals surface area contributed by atoms with Gasteiger partial charge in [-0.25, -0.2) is 0 Å². The molecule has 0 spiro atoms. The molecule has 1 amide bonds. The second kappa shape index (κ2) is 5.96. The van der Waals surface area contributed by atoms with E-state index in [9.17, 15) is 9.90 Å². The summed E-state index contributed by atoms with van der Waals surface area (Å²) in [5.41, 5.74) is 1.29. The fourth-order valence-corrected chi connectivity index (χ4v) is 3.28. The van der Waals surface area contributed by atoms with Crippen molar-refractivity contribution in [3.05, 3.63) is 35.9 Å². The van der Waals surface area contributed by atoms with Crippen LogP contribution in [0.4, 0.5) is 0 Å². The molecular weight excluding hydrogens is 250 g/mol. The maximum Gasteiger partial charge on any atom is 0.223 e. The van der Waals surface area contributed by atoms with Crippen LogP contribution < -0.4 is 5.32 Å². The average Bonchev–Trinajstić information content (AvgIpc) is 3.28. The molecule has 3 heteroatoms. The Morgan fingerprint density at radius 3 is 2.55 bits per heavy atom. The molecule has 3 nitrogen and oxygen atoms in total. The van der Waals surface area contributed by atoms with E-state index < -0.39 is 0 Å². The van der Waals surface area contributed by atoms with Gasteiger partial charge in [0.2, 0.25) is 5.91 Å². The monoisotopic (exact) mass is 273 g/mol. The molecule has 0 saturated heterocycles. The lowest BCUT2D eigenvalue weighted by molar-refractivity contribution is -0.122. The van der Waals surface area contributed by atoms with Crippen molar-refractivity contribution in [1.82, 2.24) is 5.32 Å². The molecule has 2 atom stereocenters. The predicted octanol–water partition coefficient (Wildman–Crippen LogP) is 2.46. The molecule has 1 aromatic rings. The Bertz CT molecular complexity index is 451. The molecule has 0 radical (unpaired) electrons. The van der Waals surface area contributed by atoms with Crippen LogP contribution in [0.5, 0.6) is 0 Å². The number of aliphatic hydroxyl groups excluding tert-OH is 1. The largest absolute Gasteiger partial charge is 0.393 e. The van der Waals surface area contributed by atoms with E-state index in [4.69, 9.17) is 0 Å². The summed E-state index contributed by atoms with van der Waals surface area (Å²) in [4.78, 5) is 12.1. The first-order valence-corrected chi connectivity index (χ1v) is 7.74. The summed E-state index contributed by atoms with van der Waals surface area (Å²) in [5, 5.41) is 12.6. The highest BCUT2D eigenvalue weighted by Gasteiger charge is 2.43. The van der Waals surface area contributed by atoms with Crippen LogP contribution in [0, 0.1) is 11.8 Å². The lowest BCUT2D eigenvalue weighted by Gasteiger charge is -2.25. The van der Waals surface area contributed by atoms with Crippen molar-refractivity contribution in [3.63, 3.8) is 0 Å². The topological polar surface area (TPSA) is 49.3 Å². The Morgan fingerprint density at radius 1 is 1.15 bits per heavy atom. The van der Waals surface area contributed by atoms with Crippen molar-refractivity contribution in [1.29, 1.82) is 0 Å². The van der Waals surface area contributed by atoms with E-state index in [2.05, 4.69) is 17.4 Å². The highest BCUT2D eigenvalue weighted by atomic mass is 16.3. The summed E-state index contributed by atoms with van der Waals surface area (Å²) in [6, 6.07) is 10.3. The molecule has 2 aliphatic carbocycles. The lowest BCUT2D eigenvalue weighted by atomic mass is 9.87. The zero-order chi connectivity index (χ0) is 13.9. The first-order valence-electron chi connectivity index (χ1n) is 7.74. The van der Waals surface area contributed by atoms with Gasteiger partial charge in [0.25, 0.3) is 0 Å². The Balaban J connectivity index is 1.43. The molecule has 2 aliphatic rings. The minimum absolute atomic E-state index is 0.118. The van der Waals surface area contributed by atoms with E-state index >= 15 is 0 Å². The second-order valence-corrected chi connectivity index (χ2v) is 6.28. The maximum atomic E-state index is 12.1. The molecule has 108 valence electrons. The van der Waals surface area contributed by atoms with Crippen LogP contribution in [0.1, 0.15) is 43.6 Å². The normalized spacial score (nSPS) is 32.6. The van der Waals surface area contributed by atoms with Crippen molar-refractivity contribution < 1.29 is 9.90 Å². The molecule has 0 aromatic heterocycles. The van der Waals surface area contributed by atoms with Gasteiger partial charge >= 0.3 is 0 Å². The predicted molar refractivity (Wildman–Crippen MR) is 78.3 cm³/mol. The standard InChI is InChI=1S/C17H23NO2/c19-14-8-6-12(7-9-14)11-18-17(20)16-10-15(16)13-4-2-1-3-5-13/h1-5,12,14-16,19H,6-11H2,(H,18,20). The number of hydrogen-bond acceptors (Lipinski definition) is 2. The fourth-order valence-electron chi connectivity index (χ4n) is 3.28. The van der Waals surface area contributed by atoms with Gasteiger partial charge in [-0.05, 0) is 49.5 Å². The smallest absolute Gasteiger partial charge is 0.223 e. The third kappa shape index (κ3) is 3.21. The number of carbonyl (C=O) groups excluding carboxylic acids is 1. The number of benzene rings is 1. The minimum Gasteiger partial charge on any atom is -0.393 e. The van der Waals surface area contributed by atoms with E-state index in [-0.39, 0.29) is 17.9 Å². The van der Waals surface area contributed by atoms with Crippen LogP contribution in [0.25, 0.3) is 0 Å². The summed E-state index contributed by atoms with van der Waals surface area (Å²) in [6.45, 7) is 0.781. The Hall–Kier alpha value is -1.35. The molecular formula is C17H23NO2. The summed E-state index contributed by atoms with van der Waals surface area (Å²) in [7, 11) is 0. The third-order valence-corrected chi connectivity index (χ3v) is 4.74. The van der Waals surface area contributed by atoms with Crippen molar-refractivity contribution in [2.75, 3.05) is 6.54 Å².